The molecule has 42 heavy (non-hydrogen) atoms. The lowest BCUT2D eigenvalue weighted by Crippen LogP contribution is -2.61. The van der Waals surface area contributed by atoms with Crippen LogP contribution in [0.2, 0.25) is 0 Å². The number of benzene rings is 3. The van der Waals surface area contributed by atoms with E-state index < -0.39 is 5.54 Å². The fourth-order valence-corrected chi connectivity index (χ4v) is 7.01. The summed E-state index contributed by atoms with van der Waals surface area (Å²) in [5, 5.41) is 7.00. The van der Waals surface area contributed by atoms with Gasteiger partial charge in [0.25, 0.3) is 5.91 Å². The molecule has 2 saturated heterocycles. The van der Waals surface area contributed by atoms with E-state index in [1.165, 1.54) is 0 Å². The molecule has 220 valence electrons. The van der Waals surface area contributed by atoms with Gasteiger partial charge in [0.1, 0.15) is 17.0 Å². The summed E-state index contributed by atoms with van der Waals surface area (Å²) in [5.41, 5.74) is 1.56. The van der Waals surface area contributed by atoms with Crippen molar-refractivity contribution in [3.8, 4) is 11.5 Å². The van der Waals surface area contributed by atoms with Gasteiger partial charge in [-0.3, -0.25) is 9.59 Å². The van der Waals surface area contributed by atoms with E-state index >= 15 is 0 Å². The number of nitrogens with one attached hydrogen (secondary N) is 2. The molecule has 0 spiro atoms. The average molecular weight is 605 g/mol. The minimum Gasteiger partial charge on any atom is -0.497 e. The molecule has 0 aliphatic carbocycles. The molecule has 1 atom stereocenters. The molecular weight excluding hydrogens is 569 g/mol. The topological polar surface area (TPSA) is 83.1 Å². The van der Waals surface area contributed by atoms with Crippen molar-refractivity contribution < 1.29 is 19.1 Å². The second-order valence-electron chi connectivity index (χ2n) is 10.4. The molecule has 2 amide bonds. The van der Waals surface area contributed by atoms with Gasteiger partial charge in [-0.1, -0.05) is 60.7 Å². The molecule has 2 heterocycles. The Balaban J connectivity index is 1.44. The van der Waals surface area contributed by atoms with E-state index in [1.807, 2.05) is 53.4 Å². The lowest BCUT2D eigenvalue weighted by Gasteiger charge is -2.45. The Labute approximate surface area is 256 Å². The zero-order chi connectivity index (χ0) is 29.5. The molecule has 10 heteroatoms. The predicted octanol–water partition coefficient (Wildman–Crippen LogP) is 4.87. The van der Waals surface area contributed by atoms with E-state index in [2.05, 4.69) is 22.8 Å². The molecule has 0 bridgehead atoms. The monoisotopic (exact) mass is 604 g/mol. The maximum Gasteiger partial charge on any atom is 0.250 e. The van der Waals surface area contributed by atoms with E-state index in [0.29, 0.717) is 48.2 Å². The average Bonchev–Trinajstić information content (AvgIpc) is 3.40. The van der Waals surface area contributed by atoms with Crippen molar-refractivity contribution in [2.45, 2.75) is 31.0 Å². The van der Waals surface area contributed by atoms with Crippen molar-refractivity contribution in [3.05, 3.63) is 90.0 Å². The summed E-state index contributed by atoms with van der Waals surface area (Å²) in [5.74, 6) is 2.29. The second-order valence-corrected chi connectivity index (χ2v) is 12.0. The third-order valence-electron chi connectivity index (χ3n) is 7.92. The van der Waals surface area contributed by atoms with Crippen molar-refractivity contribution in [2.75, 3.05) is 44.1 Å². The van der Waals surface area contributed by atoms with Gasteiger partial charge in [-0.2, -0.15) is 11.8 Å². The van der Waals surface area contributed by atoms with Crippen LogP contribution in [0, 0.1) is 0 Å². The normalized spacial score (nSPS) is 17.7. The standard InChI is InChI=1S/C32H36N4O4S2/c1-39-25-13-14-26(28(19-25)40-2)33-30(38)32(15-17-42-18-16-32)36(20-23-9-5-3-6-10-23)29(37)22-35-21-27(34-31(35)41)24-11-7-4-8-12-24/h3-14,19,27H,15-18,20-22H2,1-2H3,(H,33,38)(H,34,41). The summed E-state index contributed by atoms with van der Waals surface area (Å²) in [6.07, 6.45) is 1.08. The molecular formula is C32H36N4O4S2. The first-order valence-electron chi connectivity index (χ1n) is 14.0. The molecule has 3 aromatic rings. The molecule has 2 aliphatic heterocycles. The van der Waals surface area contributed by atoms with Gasteiger partial charge in [0.15, 0.2) is 5.11 Å². The maximum atomic E-state index is 14.3. The summed E-state index contributed by atoms with van der Waals surface area (Å²) < 4.78 is 10.9. The Morgan fingerprint density at radius 1 is 1.02 bits per heavy atom. The lowest BCUT2D eigenvalue weighted by molar-refractivity contribution is -0.147. The van der Waals surface area contributed by atoms with Crippen LogP contribution in [0.3, 0.4) is 0 Å². The number of carbonyl (C=O) groups is 2. The highest BCUT2D eigenvalue weighted by Crippen LogP contribution is 2.37. The minimum atomic E-state index is -1.04. The molecule has 5 rings (SSSR count). The fourth-order valence-electron chi connectivity index (χ4n) is 5.56. The summed E-state index contributed by atoms with van der Waals surface area (Å²) in [6, 6.07) is 25.2. The first kappa shape index (κ1) is 29.7. The molecule has 1 unspecified atom stereocenters. The van der Waals surface area contributed by atoms with Gasteiger partial charge in [0.05, 0.1) is 32.5 Å². The van der Waals surface area contributed by atoms with Crippen LogP contribution < -0.4 is 20.1 Å². The van der Waals surface area contributed by atoms with E-state index in [-0.39, 0.29) is 24.4 Å². The molecule has 0 radical (unpaired) electrons. The van der Waals surface area contributed by atoms with Crippen LogP contribution in [0.5, 0.6) is 11.5 Å². The number of thioether (sulfide) groups is 1. The van der Waals surface area contributed by atoms with Crippen LogP contribution in [-0.4, -0.2) is 71.1 Å². The first-order chi connectivity index (χ1) is 20.4. The van der Waals surface area contributed by atoms with E-state index in [0.717, 1.165) is 22.6 Å². The van der Waals surface area contributed by atoms with Crippen molar-refractivity contribution in [3.63, 3.8) is 0 Å². The number of nitrogens with zero attached hydrogens (tertiary/aromatic N) is 2. The lowest BCUT2D eigenvalue weighted by atomic mass is 9.87. The molecule has 3 aromatic carbocycles. The Morgan fingerprint density at radius 3 is 2.38 bits per heavy atom. The summed E-state index contributed by atoms with van der Waals surface area (Å²) in [4.78, 5) is 32.4. The van der Waals surface area contributed by atoms with Crippen molar-refractivity contribution in [1.82, 2.24) is 15.1 Å². The van der Waals surface area contributed by atoms with Crippen LogP contribution in [0.1, 0.15) is 30.0 Å². The summed E-state index contributed by atoms with van der Waals surface area (Å²) >= 11 is 7.46. The van der Waals surface area contributed by atoms with Crippen LogP contribution in [0.4, 0.5) is 5.69 Å². The third kappa shape index (κ3) is 6.50. The molecule has 2 N–H and O–H groups in total. The summed E-state index contributed by atoms with van der Waals surface area (Å²) in [6.45, 7) is 0.968. The highest BCUT2D eigenvalue weighted by Gasteiger charge is 2.48. The quantitative estimate of drug-likeness (QED) is 0.318. The van der Waals surface area contributed by atoms with Crippen LogP contribution >= 0.6 is 24.0 Å². The van der Waals surface area contributed by atoms with Gasteiger partial charge in [0.2, 0.25) is 5.91 Å². The number of methoxy groups -OCH3 is 2. The van der Waals surface area contributed by atoms with E-state index in [4.69, 9.17) is 21.7 Å². The van der Waals surface area contributed by atoms with E-state index in [9.17, 15) is 9.59 Å². The van der Waals surface area contributed by atoms with Crippen molar-refractivity contribution >= 4 is 46.6 Å². The number of hydrogen-bond acceptors (Lipinski definition) is 6. The highest BCUT2D eigenvalue weighted by atomic mass is 32.2. The van der Waals surface area contributed by atoms with E-state index in [1.54, 1.807) is 49.1 Å². The number of amides is 2. The van der Waals surface area contributed by atoms with Crippen LogP contribution in [0.15, 0.2) is 78.9 Å². The number of carbonyl (C=O) groups excluding carboxylic acids is 2. The predicted molar refractivity (Wildman–Crippen MR) is 171 cm³/mol. The summed E-state index contributed by atoms with van der Waals surface area (Å²) in [7, 11) is 3.14. The number of thiocarbonyl (C=S) groups is 1. The largest absolute Gasteiger partial charge is 0.497 e. The van der Waals surface area contributed by atoms with Gasteiger partial charge >= 0.3 is 0 Å². The maximum absolute atomic E-state index is 14.3. The Morgan fingerprint density at radius 2 is 1.71 bits per heavy atom. The van der Waals surface area contributed by atoms with Crippen molar-refractivity contribution in [2.24, 2.45) is 0 Å². The van der Waals surface area contributed by atoms with Gasteiger partial charge in [-0.25, -0.2) is 0 Å². The van der Waals surface area contributed by atoms with Gasteiger partial charge in [-0.05, 0) is 59.8 Å². The highest BCUT2D eigenvalue weighted by molar-refractivity contribution is 7.99. The van der Waals surface area contributed by atoms with Gasteiger partial charge in [0, 0.05) is 19.2 Å². The Hall–Kier alpha value is -3.76. The Kier molecular flexibility index (Phi) is 9.54. The number of ether oxygens (including phenoxy) is 2. The fraction of sp³-hybridized carbons (Fsp3) is 0.344. The number of rotatable bonds is 10. The molecule has 2 aliphatic rings. The second kappa shape index (κ2) is 13.5. The van der Waals surface area contributed by atoms with Crippen LogP contribution in [-0.2, 0) is 16.1 Å². The molecule has 0 saturated carbocycles. The Bertz CT molecular complexity index is 1400. The first-order valence-corrected chi connectivity index (χ1v) is 15.6. The molecule has 2 fully saturated rings. The van der Waals surface area contributed by atoms with Crippen molar-refractivity contribution in [1.29, 1.82) is 0 Å². The zero-order valence-corrected chi connectivity index (χ0v) is 25.5. The zero-order valence-electron chi connectivity index (χ0n) is 23.9. The number of hydrogen-bond donors (Lipinski definition) is 2. The number of anilines is 1. The molecule has 0 aromatic heterocycles. The molecule has 8 nitrogen and oxygen atoms in total. The minimum absolute atomic E-state index is 0.0000467. The SMILES string of the molecule is COc1ccc(NC(=O)C2(N(Cc3ccccc3)C(=O)CN3CC(c4ccccc4)NC3=S)CCSCC2)c(OC)c1. The van der Waals surface area contributed by atoms with Crippen LogP contribution in [0.25, 0.3) is 0 Å². The third-order valence-corrected chi connectivity index (χ3v) is 9.28. The smallest absolute Gasteiger partial charge is 0.250 e. The van der Waals surface area contributed by atoms with Gasteiger partial charge < -0.3 is 29.9 Å². The van der Waals surface area contributed by atoms with Gasteiger partial charge in [-0.15, -0.1) is 0 Å².